The molecule has 6 heteroatoms. The maximum Gasteiger partial charge on any atom is 0.275 e. The average molecular weight is 302 g/mol. The molecule has 1 heterocycles. The molecule has 0 fully saturated rings. The Morgan fingerprint density at radius 3 is 2.86 bits per heavy atom. The monoisotopic (exact) mass is 301 g/mol. The van der Waals surface area contributed by atoms with Gasteiger partial charge in [-0.15, -0.1) is 0 Å². The zero-order valence-electron chi connectivity index (χ0n) is 11.2. The lowest BCUT2D eigenvalue weighted by Gasteiger charge is -2.07. The zero-order valence-corrected chi connectivity index (χ0v) is 12.0. The highest BCUT2D eigenvalue weighted by atomic mass is 35.5. The van der Waals surface area contributed by atoms with Gasteiger partial charge in [0.05, 0.1) is 22.6 Å². The fraction of sp³-hybridized carbons (Fsp3) is 0.133. The van der Waals surface area contributed by atoms with Crippen LogP contribution in [-0.2, 0) is 0 Å². The second-order valence-corrected chi connectivity index (χ2v) is 4.56. The molecular weight excluding hydrogens is 290 g/mol. The molecule has 5 nitrogen and oxygen atoms in total. The molecule has 0 saturated heterocycles. The van der Waals surface area contributed by atoms with Gasteiger partial charge in [-0.2, -0.15) is 0 Å². The van der Waals surface area contributed by atoms with Gasteiger partial charge in [-0.1, -0.05) is 23.4 Å². The number of amides is 1. The molecule has 1 aromatic heterocycles. The molecule has 0 aliphatic rings. The van der Waals surface area contributed by atoms with Crippen LogP contribution in [0.15, 0.2) is 30.6 Å². The van der Waals surface area contributed by atoms with Crippen LogP contribution in [0, 0.1) is 18.8 Å². The highest BCUT2D eigenvalue weighted by molar-refractivity contribution is 6.33. The summed E-state index contributed by atoms with van der Waals surface area (Å²) in [6.07, 6.45) is 2.91. The topological polar surface area (TPSA) is 75.1 Å². The van der Waals surface area contributed by atoms with Crippen LogP contribution < -0.4 is 5.32 Å². The Balaban J connectivity index is 2.22. The highest BCUT2D eigenvalue weighted by Crippen LogP contribution is 2.23. The van der Waals surface area contributed by atoms with Crippen molar-refractivity contribution in [2.75, 3.05) is 11.9 Å². The van der Waals surface area contributed by atoms with E-state index in [9.17, 15) is 4.79 Å². The van der Waals surface area contributed by atoms with E-state index in [0.717, 1.165) is 5.69 Å². The summed E-state index contributed by atoms with van der Waals surface area (Å²) >= 11 is 6.04. The molecule has 1 amide bonds. The molecule has 0 saturated carbocycles. The van der Waals surface area contributed by atoms with Gasteiger partial charge in [-0.3, -0.25) is 9.78 Å². The SMILES string of the molecule is Cc1cnc(C(=O)Nc2cc(C#CCO)ccc2Cl)cn1. The number of nitrogens with zero attached hydrogens (tertiary/aromatic N) is 2. The minimum atomic E-state index is -0.406. The lowest BCUT2D eigenvalue weighted by atomic mass is 10.2. The van der Waals surface area contributed by atoms with Crippen LogP contribution in [0.1, 0.15) is 21.7 Å². The van der Waals surface area contributed by atoms with Gasteiger partial charge in [0.25, 0.3) is 5.91 Å². The summed E-state index contributed by atoms with van der Waals surface area (Å²) in [4.78, 5) is 20.1. The molecule has 2 aromatic rings. The molecule has 2 rings (SSSR count). The van der Waals surface area contributed by atoms with E-state index in [1.54, 1.807) is 25.1 Å². The Hall–Kier alpha value is -2.42. The largest absolute Gasteiger partial charge is 0.384 e. The van der Waals surface area contributed by atoms with Crippen LogP contribution in [0.4, 0.5) is 5.69 Å². The summed E-state index contributed by atoms with van der Waals surface area (Å²) in [5, 5.41) is 11.7. The van der Waals surface area contributed by atoms with Gasteiger partial charge >= 0.3 is 0 Å². The standard InChI is InChI=1S/C15H12ClN3O2/c1-10-8-18-14(9-17-10)15(21)19-13-7-11(3-2-6-20)4-5-12(13)16/h4-5,7-9,20H,6H2,1H3,(H,19,21). The minimum absolute atomic E-state index is 0.198. The predicted octanol–water partition coefficient (Wildman–Crippen LogP) is 2.03. The van der Waals surface area contributed by atoms with Gasteiger partial charge in [-0.05, 0) is 25.1 Å². The minimum Gasteiger partial charge on any atom is -0.384 e. The normalized spacial score (nSPS) is 9.67. The number of hydrogen-bond donors (Lipinski definition) is 2. The molecule has 106 valence electrons. The summed E-state index contributed by atoms with van der Waals surface area (Å²) in [6.45, 7) is 1.55. The quantitative estimate of drug-likeness (QED) is 0.832. The molecule has 0 aliphatic carbocycles. The van der Waals surface area contributed by atoms with E-state index in [2.05, 4.69) is 27.1 Å². The molecule has 0 aliphatic heterocycles. The maximum absolute atomic E-state index is 12.1. The molecule has 0 radical (unpaired) electrons. The Morgan fingerprint density at radius 2 is 2.19 bits per heavy atom. The molecule has 0 bridgehead atoms. The Bertz CT molecular complexity index is 718. The smallest absolute Gasteiger partial charge is 0.275 e. The van der Waals surface area contributed by atoms with E-state index in [-0.39, 0.29) is 12.3 Å². The number of rotatable bonds is 2. The molecule has 21 heavy (non-hydrogen) atoms. The Morgan fingerprint density at radius 1 is 1.38 bits per heavy atom. The van der Waals surface area contributed by atoms with Crippen LogP contribution in [0.5, 0.6) is 0 Å². The summed E-state index contributed by atoms with van der Waals surface area (Å²) in [5.41, 5.74) is 1.99. The third-order valence-electron chi connectivity index (χ3n) is 2.54. The summed E-state index contributed by atoms with van der Waals surface area (Å²) in [7, 11) is 0. The first-order valence-corrected chi connectivity index (χ1v) is 6.47. The van der Waals surface area contributed by atoms with Crippen LogP contribution in [0.3, 0.4) is 0 Å². The fourth-order valence-corrected chi connectivity index (χ4v) is 1.70. The van der Waals surface area contributed by atoms with Gasteiger partial charge in [0.1, 0.15) is 12.3 Å². The number of carbonyl (C=O) groups excluding carboxylic acids is 1. The van der Waals surface area contributed by atoms with Crippen molar-refractivity contribution in [1.82, 2.24) is 9.97 Å². The van der Waals surface area contributed by atoms with E-state index < -0.39 is 5.91 Å². The number of anilines is 1. The van der Waals surface area contributed by atoms with Crippen molar-refractivity contribution in [3.63, 3.8) is 0 Å². The number of benzene rings is 1. The number of carbonyl (C=O) groups is 1. The second-order valence-electron chi connectivity index (χ2n) is 4.15. The van der Waals surface area contributed by atoms with Gasteiger partial charge in [-0.25, -0.2) is 4.98 Å². The van der Waals surface area contributed by atoms with Crippen LogP contribution >= 0.6 is 11.6 Å². The van der Waals surface area contributed by atoms with Gasteiger partial charge in [0.15, 0.2) is 0 Å². The summed E-state index contributed by atoms with van der Waals surface area (Å²) < 4.78 is 0. The summed E-state index contributed by atoms with van der Waals surface area (Å²) in [6, 6.07) is 4.95. The number of hydrogen-bond acceptors (Lipinski definition) is 4. The van der Waals surface area contributed by atoms with Crippen molar-refractivity contribution in [3.05, 3.63) is 52.6 Å². The van der Waals surface area contributed by atoms with Gasteiger partial charge < -0.3 is 10.4 Å². The van der Waals surface area contributed by atoms with E-state index >= 15 is 0 Å². The van der Waals surface area contributed by atoms with Crippen LogP contribution in [0.25, 0.3) is 0 Å². The maximum atomic E-state index is 12.1. The molecule has 1 aromatic carbocycles. The number of halogens is 1. The third-order valence-corrected chi connectivity index (χ3v) is 2.87. The highest BCUT2D eigenvalue weighted by Gasteiger charge is 2.10. The van der Waals surface area contributed by atoms with E-state index in [1.807, 2.05) is 0 Å². The molecule has 0 atom stereocenters. The van der Waals surface area contributed by atoms with Crippen molar-refractivity contribution in [2.45, 2.75) is 6.92 Å². The van der Waals surface area contributed by atoms with Gasteiger partial charge in [0, 0.05) is 11.8 Å². The van der Waals surface area contributed by atoms with Crippen molar-refractivity contribution >= 4 is 23.2 Å². The number of aliphatic hydroxyl groups excluding tert-OH is 1. The molecule has 0 unspecified atom stereocenters. The van der Waals surface area contributed by atoms with Crippen LogP contribution in [0.2, 0.25) is 5.02 Å². The number of nitrogens with one attached hydrogen (secondary N) is 1. The summed E-state index contributed by atoms with van der Waals surface area (Å²) in [5.74, 6) is 4.87. The second kappa shape index (κ2) is 6.84. The molecule has 2 N–H and O–H groups in total. The van der Waals surface area contributed by atoms with E-state index in [0.29, 0.717) is 16.3 Å². The van der Waals surface area contributed by atoms with E-state index in [4.69, 9.17) is 16.7 Å². The predicted molar refractivity (Wildman–Crippen MR) is 80.1 cm³/mol. The molecular formula is C15H12ClN3O2. The Labute approximate surface area is 127 Å². The zero-order chi connectivity index (χ0) is 15.2. The van der Waals surface area contributed by atoms with Crippen molar-refractivity contribution in [1.29, 1.82) is 0 Å². The number of aryl methyl sites for hydroxylation is 1. The first kappa shape index (κ1) is 15.0. The third kappa shape index (κ3) is 4.02. The van der Waals surface area contributed by atoms with E-state index in [1.165, 1.54) is 12.4 Å². The fourth-order valence-electron chi connectivity index (χ4n) is 1.54. The van der Waals surface area contributed by atoms with Crippen molar-refractivity contribution < 1.29 is 9.90 Å². The first-order valence-electron chi connectivity index (χ1n) is 6.09. The van der Waals surface area contributed by atoms with Crippen molar-refractivity contribution in [3.8, 4) is 11.8 Å². The van der Waals surface area contributed by atoms with Crippen LogP contribution in [-0.4, -0.2) is 27.6 Å². The lowest BCUT2D eigenvalue weighted by Crippen LogP contribution is -2.14. The Kier molecular flexibility index (Phi) is 4.88. The van der Waals surface area contributed by atoms with Gasteiger partial charge in [0.2, 0.25) is 0 Å². The number of aliphatic hydroxyl groups is 1. The first-order chi connectivity index (χ1) is 10.1. The average Bonchev–Trinajstić information content (AvgIpc) is 2.48. The molecule has 0 spiro atoms. The number of aromatic nitrogens is 2. The lowest BCUT2D eigenvalue weighted by molar-refractivity contribution is 0.102. The van der Waals surface area contributed by atoms with Crippen molar-refractivity contribution in [2.24, 2.45) is 0 Å².